The van der Waals surface area contributed by atoms with Crippen molar-refractivity contribution in [3.05, 3.63) is 41.4 Å². The number of aromatic nitrogens is 1. The van der Waals surface area contributed by atoms with Crippen LogP contribution in [0.25, 0.3) is 0 Å². The molecule has 0 aromatic carbocycles. The van der Waals surface area contributed by atoms with E-state index in [2.05, 4.69) is 27.9 Å². The van der Waals surface area contributed by atoms with Gasteiger partial charge in [-0.1, -0.05) is 0 Å². The summed E-state index contributed by atoms with van der Waals surface area (Å²) in [6, 6.07) is 6.30. The molecule has 0 N–H and O–H groups in total. The SMILES string of the molecule is c1cncc([Se]c2ccsc2)c1. The molecule has 2 aromatic heterocycles. The molecule has 2 aromatic rings. The van der Waals surface area contributed by atoms with E-state index in [4.69, 9.17) is 0 Å². The molecule has 0 radical (unpaired) electrons. The third kappa shape index (κ3) is 1.94. The molecule has 0 unspecified atom stereocenters. The molecule has 0 aliphatic carbocycles. The van der Waals surface area contributed by atoms with Crippen molar-refractivity contribution in [2.24, 2.45) is 0 Å². The Morgan fingerprint density at radius 1 is 1.25 bits per heavy atom. The van der Waals surface area contributed by atoms with Crippen LogP contribution < -0.4 is 8.92 Å². The summed E-state index contributed by atoms with van der Waals surface area (Å²) in [5, 5.41) is 4.32. The third-order valence-corrected chi connectivity index (χ3v) is 4.41. The van der Waals surface area contributed by atoms with E-state index in [0.29, 0.717) is 15.0 Å². The van der Waals surface area contributed by atoms with Gasteiger partial charge in [0.1, 0.15) is 0 Å². The van der Waals surface area contributed by atoms with E-state index < -0.39 is 0 Å². The van der Waals surface area contributed by atoms with Gasteiger partial charge in [0, 0.05) is 0 Å². The van der Waals surface area contributed by atoms with Crippen LogP contribution in [-0.4, -0.2) is 19.9 Å². The topological polar surface area (TPSA) is 12.9 Å². The van der Waals surface area contributed by atoms with Crippen LogP contribution in [0.4, 0.5) is 0 Å². The first-order valence-corrected chi connectivity index (χ1v) is 6.21. The Bertz CT molecular complexity index is 331. The van der Waals surface area contributed by atoms with E-state index in [0.717, 1.165) is 0 Å². The zero-order chi connectivity index (χ0) is 8.23. The first-order valence-electron chi connectivity index (χ1n) is 3.55. The predicted octanol–water partition coefficient (Wildman–Crippen LogP) is 0.798. The van der Waals surface area contributed by atoms with Crippen LogP contribution in [0.3, 0.4) is 0 Å². The number of thiophene rings is 1. The van der Waals surface area contributed by atoms with Crippen LogP contribution in [0.1, 0.15) is 0 Å². The Labute approximate surface area is 81.6 Å². The molecule has 0 atom stereocenters. The molecule has 0 amide bonds. The van der Waals surface area contributed by atoms with Crippen LogP contribution in [0.5, 0.6) is 0 Å². The summed E-state index contributed by atoms with van der Waals surface area (Å²) in [6.45, 7) is 0. The molecule has 0 aliphatic heterocycles. The summed E-state index contributed by atoms with van der Waals surface area (Å²) >= 11 is 2.19. The molecule has 3 heteroatoms. The molecule has 0 saturated carbocycles. The summed E-state index contributed by atoms with van der Waals surface area (Å²) in [5.41, 5.74) is 0. The average molecular weight is 240 g/mol. The Morgan fingerprint density at radius 2 is 2.25 bits per heavy atom. The standard InChI is InChI=1S/C9H7NSSe/c1-2-8(6-10-4-1)12-9-3-5-11-7-9/h1-7H. The maximum atomic E-state index is 4.08. The molecule has 0 aliphatic rings. The van der Waals surface area contributed by atoms with E-state index in [-0.39, 0.29) is 0 Å². The molecule has 0 saturated heterocycles. The summed E-state index contributed by atoms with van der Waals surface area (Å²) in [7, 11) is 0. The predicted molar refractivity (Wildman–Crippen MR) is 53.6 cm³/mol. The van der Waals surface area contributed by atoms with E-state index >= 15 is 0 Å². The van der Waals surface area contributed by atoms with Crippen molar-refractivity contribution in [2.75, 3.05) is 0 Å². The van der Waals surface area contributed by atoms with Crippen LogP contribution in [0, 0.1) is 0 Å². The quantitative estimate of drug-likeness (QED) is 0.707. The molecule has 2 rings (SSSR count). The Morgan fingerprint density at radius 3 is 2.92 bits per heavy atom. The minimum absolute atomic E-state index is 0.439. The van der Waals surface area contributed by atoms with Gasteiger partial charge in [-0.05, 0) is 0 Å². The van der Waals surface area contributed by atoms with Gasteiger partial charge in [-0.3, -0.25) is 0 Å². The van der Waals surface area contributed by atoms with Crippen LogP contribution in [-0.2, 0) is 0 Å². The molecular weight excluding hydrogens is 233 g/mol. The van der Waals surface area contributed by atoms with Crippen LogP contribution >= 0.6 is 11.3 Å². The molecular formula is C9H7NSSe. The van der Waals surface area contributed by atoms with E-state index in [1.54, 1.807) is 11.3 Å². The zero-order valence-corrected chi connectivity index (χ0v) is 8.83. The van der Waals surface area contributed by atoms with Crippen molar-refractivity contribution >= 4 is 35.2 Å². The molecule has 60 valence electrons. The van der Waals surface area contributed by atoms with Gasteiger partial charge >= 0.3 is 81.6 Å². The van der Waals surface area contributed by atoms with Crippen molar-refractivity contribution in [3.63, 3.8) is 0 Å². The van der Waals surface area contributed by atoms with Crippen molar-refractivity contribution in [3.8, 4) is 0 Å². The summed E-state index contributed by atoms with van der Waals surface area (Å²) in [4.78, 5) is 4.08. The fourth-order valence-corrected chi connectivity index (χ4v) is 3.67. The molecule has 0 fully saturated rings. The van der Waals surface area contributed by atoms with Gasteiger partial charge in [0.05, 0.1) is 0 Å². The van der Waals surface area contributed by atoms with Gasteiger partial charge in [0.2, 0.25) is 0 Å². The third-order valence-electron chi connectivity index (χ3n) is 1.37. The minimum atomic E-state index is 0.439. The van der Waals surface area contributed by atoms with Crippen LogP contribution in [0.2, 0.25) is 0 Å². The number of hydrogen-bond donors (Lipinski definition) is 0. The number of pyridine rings is 1. The van der Waals surface area contributed by atoms with E-state index in [1.165, 1.54) is 8.92 Å². The van der Waals surface area contributed by atoms with E-state index in [1.807, 2.05) is 18.5 Å². The zero-order valence-electron chi connectivity index (χ0n) is 6.31. The second-order valence-electron chi connectivity index (χ2n) is 2.25. The monoisotopic (exact) mass is 241 g/mol. The average Bonchev–Trinajstić information content (AvgIpc) is 2.59. The van der Waals surface area contributed by atoms with Gasteiger partial charge < -0.3 is 0 Å². The van der Waals surface area contributed by atoms with Crippen LogP contribution in [0.15, 0.2) is 41.4 Å². The van der Waals surface area contributed by atoms with Crippen molar-refractivity contribution in [1.29, 1.82) is 0 Å². The molecule has 0 bridgehead atoms. The van der Waals surface area contributed by atoms with E-state index in [9.17, 15) is 0 Å². The first-order chi connectivity index (χ1) is 5.95. The van der Waals surface area contributed by atoms with Gasteiger partial charge in [0.25, 0.3) is 0 Å². The molecule has 0 spiro atoms. The Kier molecular flexibility index (Phi) is 2.57. The number of nitrogens with zero attached hydrogens (tertiary/aromatic N) is 1. The summed E-state index contributed by atoms with van der Waals surface area (Å²) in [6.07, 6.45) is 3.75. The number of rotatable bonds is 2. The molecule has 12 heavy (non-hydrogen) atoms. The van der Waals surface area contributed by atoms with Crippen molar-refractivity contribution in [2.45, 2.75) is 0 Å². The fraction of sp³-hybridized carbons (Fsp3) is 0. The summed E-state index contributed by atoms with van der Waals surface area (Å²) < 4.78 is 2.77. The molecule has 2 heterocycles. The summed E-state index contributed by atoms with van der Waals surface area (Å²) in [5.74, 6) is 0. The Hall–Kier alpha value is -0.631. The Balaban J connectivity index is 2.15. The van der Waals surface area contributed by atoms with Gasteiger partial charge in [-0.2, -0.15) is 0 Å². The van der Waals surface area contributed by atoms with Gasteiger partial charge in [0.15, 0.2) is 0 Å². The second-order valence-corrected chi connectivity index (χ2v) is 5.44. The second kappa shape index (κ2) is 3.85. The fourth-order valence-electron chi connectivity index (χ4n) is 0.854. The number of hydrogen-bond acceptors (Lipinski definition) is 2. The molecule has 1 nitrogen and oxygen atoms in total. The first kappa shape index (κ1) is 7.99. The normalized spacial score (nSPS) is 10.0. The van der Waals surface area contributed by atoms with Crippen molar-refractivity contribution in [1.82, 2.24) is 4.98 Å². The van der Waals surface area contributed by atoms with Gasteiger partial charge in [-0.25, -0.2) is 0 Å². The van der Waals surface area contributed by atoms with Crippen molar-refractivity contribution < 1.29 is 0 Å². The van der Waals surface area contributed by atoms with Gasteiger partial charge in [-0.15, -0.1) is 0 Å². The maximum absolute atomic E-state index is 4.08.